The Hall–Kier alpha value is -2.69. The van der Waals surface area contributed by atoms with Gasteiger partial charge in [-0.3, -0.25) is 4.90 Å². The molecule has 2 aliphatic heterocycles. The number of fused-ring (bicyclic) bond motifs is 1. The third-order valence-corrected chi connectivity index (χ3v) is 7.02. The molecule has 0 bridgehead atoms. The number of piperazine rings is 1. The summed E-state index contributed by atoms with van der Waals surface area (Å²) in [5.41, 5.74) is 5.42. The number of nitrogens with zero attached hydrogens (tertiary/aromatic N) is 2. The fraction of sp³-hybridized carbons (Fsp3) is 0.333. The number of hydrogen-bond acceptors (Lipinski definition) is 3. The Morgan fingerprint density at radius 3 is 2.29 bits per heavy atom. The third-order valence-electron chi connectivity index (χ3n) is 7.02. The predicted octanol–water partition coefficient (Wildman–Crippen LogP) is 4.43. The first kappa shape index (κ1) is 20.2. The quantitative estimate of drug-likeness (QED) is 0.665. The fourth-order valence-corrected chi connectivity index (χ4v) is 5.26. The van der Waals surface area contributed by atoms with E-state index < -0.39 is 0 Å². The highest BCUT2D eigenvalue weighted by Gasteiger charge is 2.38. The molecule has 4 heteroatoms. The van der Waals surface area contributed by atoms with E-state index in [9.17, 15) is 4.39 Å². The molecule has 5 rings (SSSR count). The van der Waals surface area contributed by atoms with E-state index in [1.54, 1.807) is 12.1 Å². The highest BCUT2D eigenvalue weighted by Crippen LogP contribution is 2.39. The Morgan fingerprint density at radius 1 is 0.806 bits per heavy atom. The SMILES string of the molecule is Fc1ccc(N2CCN(CCC3(c4ccccc4)CNCc4ccccc43)CC2)cc1. The molecule has 160 valence electrons. The maximum atomic E-state index is 13.2. The second-order valence-electron chi connectivity index (χ2n) is 8.76. The minimum Gasteiger partial charge on any atom is -0.369 e. The van der Waals surface area contributed by atoms with Crippen LogP contribution in [0.4, 0.5) is 10.1 Å². The molecular formula is C27H30FN3. The van der Waals surface area contributed by atoms with Crippen LogP contribution in [0.5, 0.6) is 0 Å². The van der Waals surface area contributed by atoms with E-state index in [1.165, 1.54) is 16.7 Å². The van der Waals surface area contributed by atoms with Crippen molar-refractivity contribution < 1.29 is 4.39 Å². The number of anilines is 1. The van der Waals surface area contributed by atoms with Gasteiger partial charge in [-0.25, -0.2) is 4.39 Å². The number of rotatable bonds is 5. The normalized spacial score (nSPS) is 21.6. The largest absolute Gasteiger partial charge is 0.369 e. The van der Waals surface area contributed by atoms with Gasteiger partial charge in [0.15, 0.2) is 0 Å². The van der Waals surface area contributed by atoms with Crippen molar-refractivity contribution in [1.82, 2.24) is 10.2 Å². The zero-order valence-corrected chi connectivity index (χ0v) is 17.9. The first-order chi connectivity index (χ1) is 15.2. The topological polar surface area (TPSA) is 18.5 Å². The summed E-state index contributed by atoms with van der Waals surface area (Å²) >= 11 is 0. The molecule has 3 aromatic carbocycles. The number of nitrogens with one attached hydrogen (secondary N) is 1. The van der Waals surface area contributed by atoms with Crippen LogP contribution in [0.1, 0.15) is 23.1 Å². The van der Waals surface area contributed by atoms with Crippen LogP contribution in [0, 0.1) is 5.82 Å². The lowest BCUT2D eigenvalue weighted by molar-refractivity contribution is 0.230. The van der Waals surface area contributed by atoms with Gasteiger partial charge in [0.2, 0.25) is 0 Å². The maximum Gasteiger partial charge on any atom is 0.123 e. The molecule has 1 atom stereocenters. The summed E-state index contributed by atoms with van der Waals surface area (Å²) in [6.45, 7) is 7.04. The van der Waals surface area contributed by atoms with Gasteiger partial charge >= 0.3 is 0 Å². The molecule has 2 heterocycles. The van der Waals surface area contributed by atoms with Crippen LogP contribution in [-0.4, -0.2) is 44.2 Å². The second kappa shape index (κ2) is 8.81. The zero-order valence-electron chi connectivity index (χ0n) is 17.9. The Morgan fingerprint density at radius 2 is 1.52 bits per heavy atom. The van der Waals surface area contributed by atoms with Crippen molar-refractivity contribution in [2.24, 2.45) is 0 Å². The van der Waals surface area contributed by atoms with Crippen LogP contribution in [0.25, 0.3) is 0 Å². The average Bonchev–Trinajstić information content (AvgIpc) is 2.84. The van der Waals surface area contributed by atoms with Crippen molar-refractivity contribution in [3.05, 3.63) is 101 Å². The van der Waals surface area contributed by atoms with Crippen LogP contribution < -0.4 is 10.2 Å². The highest BCUT2D eigenvalue weighted by atomic mass is 19.1. The van der Waals surface area contributed by atoms with E-state index in [1.807, 2.05) is 12.1 Å². The molecule has 0 aliphatic carbocycles. The molecule has 1 unspecified atom stereocenters. The van der Waals surface area contributed by atoms with E-state index in [0.29, 0.717) is 0 Å². The van der Waals surface area contributed by atoms with Crippen LogP contribution >= 0.6 is 0 Å². The number of benzene rings is 3. The minimum absolute atomic E-state index is 0.00416. The van der Waals surface area contributed by atoms with Gasteiger partial charge in [-0.2, -0.15) is 0 Å². The van der Waals surface area contributed by atoms with Gasteiger partial charge in [0.1, 0.15) is 5.82 Å². The van der Waals surface area contributed by atoms with Crippen LogP contribution in [0.2, 0.25) is 0 Å². The Kier molecular flexibility index (Phi) is 5.75. The summed E-state index contributed by atoms with van der Waals surface area (Å²) in [5.74, 6) is -0.171. The highest BCUT2D eigenvalue weighted by molar-refractivity contribution is 5.47. The summed E-state index contributed by atoms with van der Waals surface area (Å²) in [6, 6.07) is 26.8. The average molecular weight is 416 g/mol. The summed E-state index contributed by atoms with van der Waals surface area (Å²) < 4.78 is 13.2. The van der Waals surface area contributed by atoms with E-state index in [4.69, 9.17) is 0 Å². The van der Waals surface area contributed by atoms with Gasteiger partial charge in [-0.15, -0.1) is 0 Å². The Bertz CT molecular complexity index is 997. The molecular weight excluding hydrogens is 385 g/mol. The third kappa shape index (κ3) is 4.10. The second-order valence-corrected chi connectivity index (χ2v) is 8.76. The zero-order chi connectivity index (χ0) is 21.1. The van der Waals surface area contributed by atoms with Crippen molar-refractivity contribution in [3.63, 3.8) is 0 Å². The van der Waals surface area contributed by atoms with Crippen molar-refractivity contribution >= 4 is 5.69 Å². The minimum atomic E-state index is -0.171. The first-order valence-electron chi connectivity index (χ1n) is 11.3. The van der Waals surface area contributed by atoms with Gasteiger partial charge < -0.3 is 10.2 Å². The van der Waals surface area contributed by atoms with Gasteiger partial charge in [0.05, 0.1) is 0 Å². The first-order valence-corrected chi connectivity index (χ1v) is 11.3. The lowest BCUT2D eigenvalue weighted by atomic mass is 9.68. The molecule has 0 spiro atoms. The van der Waals surface area contributed by atoms with Crippen LogP contribution in [0.3, 0.4) is 0 Å². The van der Waals surface area contributed by atoms with Crippen molar-refractivity contribution in [2.45, 2.75) is 18.4 Å². The van der Waals surface area contributed by atoms with Crippen molar-refractivity contribution in [3.8, 4) is 0 Å². The molecule has 3 aromatic rings. The molecule has 2 aliphatic rings. The van der Waals surface area contributed by atoms with Crippen molar-refractivity contribution in [1.29, 1.82) is 0 Å². The summed E-state index contributed by atoms with van der Waals surface area (Å²) in [4.78, 5) is 4.95. The van der Waals surface area contributed by atoms with E-state index in [-0.39, 0.29) is 11.2 Å². The number of hydrogen-bond donors (Lipinski definition) is 1. The lowest BCUT2D eigenvalue weighted by Crippen LogP contribution is -2.50. The molecule has 3 nitrogen and oxygen atoms in total. The monoisotopic (exact) mass is 415 g/mol. The van der Waals surface area contributed by atoms with E-state index >= 15 is 0 Å². The smallest absolute Gasteiger partial charge is 0.123 e. The molecule has 0 saturated carbocycles. The maximum absolute atomic E-state index is 13.2. The van der Waals surface area contributed by atoms with Crippen LogP contribution in [-0.2, 0) is 12.0 Å². The van der Waals surface area contributed by atoms with Gasteiger partial charge in [-0.1, -0.05) is 54.6 Å². The molecule has 0 aromatic heterocycles. The number of halogens is 1. The van der Waals surface area contributed by atoms with E-state index in [2.05, 4.69) is 69.7 Å². The predicted molar refractivity (Wildman–Crippen MR) is 125 cm³/mol. The van der Waals surface area contributed by atoms with E-state index in [0.717, 1.165) is 57.9 Å². The van der Waals surface area contributed by atoms with Crippen LogP contribution in [0.15, 0.2) is 78.9 Å². The summed E-state index contributed by atoms with van der Waals surface area (Å²) in [6.07, 6.45) is 1.09. The molecule has 31 heavy (non-hydrogen) atoms. The molecule has 1 N–H and O–H groups in total. The van der Waals surface area contributed by atoms with Crippen molar-refractivity contribution in [2.75, 3.05) is 44.2 Å². The van der Waals surface area contributed by atoms with Gasteiger partial charge in [0.25, 0.3) is 0 Å². The Labute approximate surface area is 184 Å². The fourth-order valence-electron chi connectivity index (χ4n) is 5.26. The molecule has 1 fully saturated rings. The van der Waals surface area contributed by atoms with Gasteiger partial charge in [-0.05, 0) is 53.9 Å². The molecule has 0 radical (unpaired) electrons. The summed E-state index contributed by atoms with van der Waals surface area (Å²) in [7, 11) is 0. The Balaban J connectivity index is 1.31. The molecule has 1 saturated heterocycles. The summed E-state index contributed by atoms with van der Waals surface area (Å²) in [5, 5.41) is 3.69. The lowest BCUT2D eigenvalue weighted by Gasteiger charge is -2.43. The standard InChI is InChI=1S/C27H30FN3/c28-24-10-12-25(13-11-24)31-18-16-30(17-19-31)15-14-27(23-7-2-1-3-8-23)21-29-20-22-6-4-5-9-26(22)27/h1-13,29H,14-21H2. The molecule has 0 amide bonds. The van der Waals surface area contributed by atoms with Gasteiger partial charge in [0, 0.05) is 50.4 Å².